The molecular formula is C21H21IN2O3. The van der Waals surface area contributed by atoms with Gasteiger partial charge in [0.2, 0.25) is 0 Å². The number of benzene rings is 2. The largest absolute Gasteiger partial charge is 0.493 e. The number of anilines is 1. The summed E-state index contributed by atoms with van der Waals surface area (Å²) in [5, 5.41) is 12.3. The third kappa shape index (κ3) is 5.01. The Morgan fingerprint density at radius 2 is 1.96 bits per heavy atom. The predicted octanol–water partition coefficient (Wildman–Crippen LogP) is 4.86. The summed E-state index contributed by atoms with van der Waals surface area (Å²) < 4.78 is 11.8. The molecule has 0 bridgehead atoms. The van der Waals surface area contributed by atoms with E-state index in [1.54, 1.807) is 19.3 Å². The van der Waals surface area contributed by atoms with Crippen LogP contribution in [0.15, 0.2) is 35.9 Å². The minimum absolute atomic E-state index is 0.0136. The second-order valence-corrected chi connectivity index (χ2v) is 7.02. The summed E-state index contributed by atoms with van der Waals surface area (Å²) in [6.45, 7) is 6.24. The van der Waals surface area contributed by atoms with Crippen LogP contribution in [0.1, 0.15) is 23.6 Å². The van der Waals surface area contributed by atoms with Gasteiger partial charge in [0.25, 0.3) is 5.91 Å². The fourth-order valence-electron chi connectivity index (χ4n) is 2.62. The molecule has 6 heteroatoms. The lowest BCUT2D eigenvalue weighted by Crippen LogP contribution is -2.15. The highest BCUT2D eigenvalue weighted by atomic mass is 127. The van der Waals surface area contributed by atoms with Crippen molar-refractivity contribution in [2.45, 2.75) is 20.8 Å². The molecule has 1 N–H and O–H groups in total. The van der Waals surface area contributed by atoms with Crippen LogP contribution in [0.25, 0.3) is 6.08 Å². The molecule has 0 atom stereocenters. The highest BCUT2D eigenvalue weighted by Gasteiger charge is 2.15. The average molecular weight is 476 g/mol. The Hall–Kier alpha value is -2.53. The second kappa shape index (κ2) is 9.42. The van der Waals surface area contributed by atoms with Gasteiger partial charge in [-0.15, -0.1) is 0 Å². The molecule has 0 saturated heterocycles. The average Bonchev–Trinajstić information content (AvgIpc) is 2.64. The molecule has 27 heavy (non-hydrogen) atoms. The first-order valence-corrected chi connectivity index (χ1v) is 9.48. The van der Waals surface area contributed by atoms with Gasteiger partial charge in [0, 0.05) is 5.69 Å². The van der Waals surface area contributed by atoms with Gasteiger partial charge in [-0.25, -0.2) is 0 Å². The fourth-order valence-corrected chi connectivity index (χ4v) is 3.40. The molecule has 5 nitrogen and oxygen atoms in total. The van der Waals surface area contributed by atoms with Crippen LogP contribution >= 0.6 is 22.6 Å². The minimum Gasteiger partial charge on any atom is -0.493 e. The number of halogens is 1. The highest BCUT2D eigenvalue weighted by molar-refractivity contribution is 14.1. The van der Waals surface area contributed by atoms with Crippen molar-refractivity contribution in [2.24, 2.45) is 0 Å². The van der Waals surface area contributed by atoms with Crippen LogP contribution in [0, 0.1) is 28.7 Å². The molecule has 0 saturated carbocycles. The summed E-state index contributed by atoms with van der Waals surface area (Å²) in [5.41, 5.74) is 3.31. The van der Waals surface area contributed by atoms with E-state index in [0.29, 0.717) is 23.7 Å². The summed E-state index contributed by atoms with van der Waals surface area (Å²) in [5.74, 6) is 0.761. The number of hydrogen-bond donors (Lipinski definition) is 1. The molecule has 0 aliphatic carbocycles. The molecule has 0 heterocycles. The van der Waals surface area contributed by atoms with Gasteiger partial charge in [0.05, 0.1) is 17.3 Å². The number of ether oxygens (including phenoxy) is 2. The minimum atomic E-state index is -0.447. The molecule has 2 aromatic rings. The fraction of sp³-hybridized carbons (Fsp3) is 0.238. The molecule has 0 radical (unpaired) electrons. The van der Waals surface area contributed by atoms with Gasteiger partial charge in [0.15, 0.2) is 11.5 Å². The van der Waals surface area contributed by atoms with Gasteiger partial charge in [-0.3, -0.25) is 4.79 Å². The van der Waals surface area contributed by atoms with Crippen LogP contribution in [0.5, 0.6) is 11.5 Å². The zero-order valence-electron chi connectivity index (χ0n) is 15.7. The first-order chi connectivity index (χ1) is 12.9. The second-order valence-electron chi connectivity index (χ2n) is 5.86. The van der Waals surface area contributed by atoms with Crippen LogP contribution in [-0.4, -0.2) is 19.6 Å². The molecule has 0 fully saturated rings. The van der Waals surface area contributed by atoms with E-state index in [-0.39, 0.29) is 5.57 Å². The highest BCUT2D eigenvalue weighted by Crippen LogP contribution is 2.34. The molecule has 2 aromatic carbocycles. The van der Waals surface area contributed by atoms with Crippen molar-refractivity contribution in [2.75, 3.05) is 19.0 Å². The molecule has 2 rings (SSSR count). The first-order valence-electron chi connectivity index (χ1n) is 8.41. The third-order valence-corrected chi connectivity index (χ3v) is 4.74. The Morgan fingerprint density at radius 1 is 1.30 bits per heavy atom. The Kier molecular flexibility index (Phi) is 7.25. The van der Waals surface area contributed by atoms with Crippen molar-refractivity contribution in [3.05, 3.63) is 56.2 Å². The van der Waals surface area contributed by atoms with Crippen molar-refractivity contribution in [3.8, 4) is 17.6 Å². The predicted molar refractivity (Wildman–Crippen MR) is 115 cm³/mol. The maximum absolute atomic E-state index is 12.6. The van der Waals surface area contributed by atoms with Crippen LogP contribution in [0.3, 0.4) is 0 Å². The van der Waals surface area contributed by atoms with Crippen LogP contribution in [0.2, 0.25) is 0 Å². The van der Waals surface area contributed by atoms with E-state index in [4.69, 9.17) is 9.47 Å². The lowest BCUT2D eigenvalue weighted by molar-refractivity contribution is -0.112. The molecule has 0 unspecified atom stereocenters. The van der Waals surface area contributed by atoms with Crippen LogP contribution < -0.4 is 14.8 Å². The maximum Gasteiger partial charge on any atom is 0.266 e. The lowest BCUT2D eigenvalue weighted by atomic mass is 10.1. The van der Waals surface area contributed by atoms with Gasteiger partial charge in [-0.2, -0.15) is 5.26 Å². The molecule has 140 valence electrons. The summed E-state index contributed by atoms with van der Waals surface area (Å²) in [7, 11) is 1.56. The quantitative estimate of drug-likeness (QED) is 0.367. The molecule has 0 aliphatic heterocycles. The van der Waals surface area contributed by atoms with Crippen molar-refractivity contribution < 1.29 is 14.3 Å². The first kappa shape index (κ1) is 20.8. The monoisotopic (exact) mass is 476 g/mol. The SMILES string of the molecule is CCOc1c(I)cc(/C=C(/C#N)C(=O)Nc2c(C)cccc2C)cc1OC. The van der Waals surface area contributed by atoms with Crippen molar-refractivity contribution in [1.29, 1.82) is 5.26 Å². The Labute approximate surface area is 173 Å². The number of para-hydroxylation sites is 1. The van der Waals surface area contributed by atoms with E-state index < -0.39 is 5.91 Å². The van der Waals surface area contributed by atoms with Crippen molar-refractivity contribution >= 4 is 40.3 Å². The number of nitrogens with one attached hydrogen (secondary N) is 1. The number of methoxy groups -OCH3 is 1. The molecular weight excluding hydrogens is 455 g/mol. The zero-order chi connectivity index (χ0) is 20.0. The summed E-state index contributed by atoms with van der Waals surface area (Å²) in [6, 6.07) is 11.3. The Balaban J connectivity index is 2.37. The number of carbonyl (C=O) groups excluding carboxylic acids is 1. The Bertz CT molecular complexity index is 910. The normalized spacial score (nSPS) is 10.9. The number of rotatable bonds is 6. The van der Waals surface area contributed by atoms with E-state index in [1.807, 2.05) is 51.1 Å². The number of nitriles is 1. The van der Waals surface area contributed by atoms with Gasteiger partial charge < -0.3 is 14.8 Å². The molecule has 0 aliphatic rings. The van der Waals surface area contributed by atoms with Gasteiger partial charge in [0.1, 0.15) is 11.6 Å². The standard InChI is InChI=1S/C21H21IN2O3/c1-5-27-20-17(22)10-15(11-18(20)26-4)9-16(12-23)21(25)24-19-13(2)7-6-8-14(19)3/h6-11H,5H2,1-4H3,(H,24,25)/b16-9-. The van der Waals surface area contributed by atoms with Crippen LogP contribution in [0.4, 0.5) is 5.69 Å². The Morgan fingerprint density at radius 3 is 2.52 bits per heavy atom. The van der Waals surface area contributed by atoms with Gasteiger partial charge >= 0.3 is 0 Å². The number of amides is 1. The zero-order valence-corrected chi connectivity index (χ0v) is 17.9. The van der Waals surface area contributed by atoms with Gasteiger partial charge in [-0.05, 0) is 78.3 Å². The van der Waals surface area contributed by atoms with E-state index in [1.165, 1.54) is 0 Å². The lowest BCUT2D eigenvalue weighted by Gasteiger charge is -2.13. The summed E-state index contributed by atoms with van der Waals surface area (Å²) >= 11 is 2.14. The summed E-state index contributed by atoms with van der Waals surface area (Å²) in [6.07, 6.45) is 1.54. The van der Waals surface area contributed by atoms with E-state index >= 15 is 0 Å². The van der Waals surface area contributed by atoms with Crippen molar-refractivity contribution in [3.63, 3.8) is 0 Å². The molecule has 0 spiro atoms. The number of nitrogens with zero attached hydrogens (tertiary/aromatic N) is 1. The maximum atomic E-state index is 12.6. The number of carbonyl (C=O) groups is 1. The van der Waals surface area contributed by atoms with Crippen molar-refractivity contribution in [1.82, 2.24) is 0 Å². The smallest absolute Gasteiger partial charge is 0.266 e. The molecule has 0 aromatic heterocycles. The van der Waals surface area contributed by atoms with E-state index in [9.17, 15) is 10.1 Å². The van der Waals surface area contributed by atoms with E-state index in [2.05, 4.69) is 27.9 Å². The number of hydrogen-bond acceptors (Lipinski definition) is 4. The molecule has 1 amide bonds. The van der Waals surface area contributed by atoms with Gasteiger partial charge in [-0.1, -0.05) is 18.2 Å². The number of aryl methyl sites for hydroxylation is 2. The van der Waals surface area contributed by atoms with Crippen LogP contribution in [-0.2, 0) is 4.79 Å². The topological polar surface area (TPSA) is 71.3 Å². The van der Waals surface area contributed by atoms with E-state index in [0.717, 1.165) is 20.4 Å². The summed E-state index contributed by atoms with van der Waals surface area (Å²) in [4.78, 5) is 12.6. The third-order valence-electron chi connectivity index (χ3n) is 3.94.